The van der Waals surface area contributed by atoms with Crippen LogP contribution in [-0.4, -0.2) is 54.6 Å². The molecule has 1 saturated carbocycles. The second-order valence-electron chi connectivity index (χ2n) is 5.93. The van der Waals surface area contributed by atoms with Crippen molar-refractivity contribution >= 4 is 40.2 Å². The van der Waals surface area contributed by atoms with E-state index in [-0.39, 0.29) is 36.2 Å². The van der Waals surface area contributed by atoms with E-state index in [2.05, 4.69) is 33.2 Å². The zero-order valence-electron chi connectivity index (χ0n) is 14.1. The van der Waals surface area contributed by atoms with Crippen molar-refractivity contribution in [2.45, 2.75) is 45.1 Å². The fraction of sp³-hybridized carbons (Fsp3) is 0.812. The molecule has 0 aromatic carbocycles. The number of amides is 2. The Labute approximate surface area is 156 Å². The van der Waals surface area contributed by atoms with Crippen molar-refractivity contribution in [2.24, 2.45) is 5.92 Å². The summed E-state index contributed by atoms with van der Waals surface area (Å²) in [5, 5.41) is 5.81. The Bertz CT molecular complexity index is 411. The van der Waals surface area contributed by atoms with Gasteiger partial charge in [0.2, 0.25) is 11.8 Å². The van der Waals surface area contributed by atoms with Gasteiger partial charge in [0.25, 0.3) is 0 Å². The maximum absolute atomic E-state index is 12.1. The third-order valence-corrected chi connectivity index (χ3v) is 4.36. The largest absolute Gasteiger partial charge is 0.379 e. The van der Waals surface area contributed by atoms with Gasteiger partial charge in [0.05, 0.1) is 17.8 Å². The Morgan fingerprint density at radius 3 is 2.42 bits per heavy atom. The first-order chi connectivity index (χ1) is 11.5. The molecule has 0 aliphatic heterocycles. The monoisotopic (exact) mass is 454 g/mol. The Hall–Kier alpha value is -0.740. The lowest BCUT2D eigenvalue weighted by atomic mass is 9.85. The van der Waals surface area contributed by atoms with Crippen LogP contribution >= 0.6 is 22.6 Å². The van der Waals surface area contributed by atoms with Gasteiger partial charge < -0.3 is 20.1 Å². The van der Waals surface area contributed by atoms with E-state index in [1.807, 2.05) is 0 Å². The highest BCUT2D eigenvalue weighted by atomic mass is 127. The predicted octanol–water partition coefficient (Wildman–Crippen LogP) is 1.18. The Kier molecular flexibility index (Phi) is 11.2. The second-order valence-corrected chi connectivity index (χ2v) is 6.55. The highest BCUT2D eigenvalue weighted by Gasteiger charge is 2.26. The number of rotatable bonds is 11. The second kappa shape index (κ2) is 12.6. The summed E-state index contributed by atoms with van der Waals surface area (Å²) in [5.74, 6) is 0.0511. The molecule has 0 aromatic heterocycles. The molecule has 7 nitrogen and oxygen atoms in total. The summed E-state index contributed by atoms with van der Waals surface area (Å²) in [6.45, 7) is 2.90. The van der Waals surface area contributed by atoms with Gasteiger partial charge in [-0.25, -0.2) is 0 Å². The Morgan fingerprint density at radius 2 is 1.79 bits per heavy atom. The zero-order valence-corrected chi connectivity index (χ0v) is 16.3. The van der Waals surface area contributed by atoms with E-state index in [0.29, 0.717) is 30.8 Å². The molecule has 0 aromatic rings. The maximum Gasteiger partial charge on any atom is 0.246 e. The fourth-order valence-electron chi connectivity index (χ4n) is 2.61. The van der Waals surface area contributed by atoms with E-state index in [1.54, 1.807) is 0 Å². The summed E-state index contributed by atoms with van der Waals surface area (Å²) >= 11 is 2.05. The van der Waals surface area contributed by atoms with E-state index in [1.165, 1.54) is 6.92 Å². The summed E-state index contributed by atoms with van der Waals surface area (Å²) < 4.78 is 10.8. The van der Waals surface area contributed by atoms with Crippen molar-refractivity contribution in [3.05, 3.63) is 0 Å². The lowest BCUT2D eigenvalue weighted by molar-refractivity contribution is -0.127. The summed E-state index contributed by atoms with van der Waals surface area (Å²) in [7, 11) is 0. The minimum atomic E-state index is -0.0951. The van der Waals surface area contributed by atoms with E-state index in [9.17, 15) is 14.4 Å². The molecule has 0 atom stereocenters. The predicted molar refractivity (Wildman–Crippen MR) is 97.9 cm³/mol. The highest BCUT2D eigenvalue weighted by Crippen LogP contribution is 2.24. The van der Waals surface area contributed by atoms with E-state index < -0.39 is 0 Å². The van der Waals surface area contributed by atoms with Crippen LogP contribution in [0.15, 0.2) is 0 Å². The lowest BCUT2D eigenvalue weighted by Gasteiger charge is -2.28. The van der Waals surface area contributed by atoms with Crippen LogP contribution in [0.5, 0.6) is 0 Å². The minimum Gasteiger partial charge on any atom is -0.379 e. The minimum absolute atomic E-state index is 0.000896. The number of carbonyl (C=O) groups is 3. The maximum atomic E-state index is 12.1. The van der Waals surface area contributed by atoms with Gasteiger partial charge >= 0.3 is 0 Å². The molecule has 0 unspecified atom stereocenters. The molecule has 1 aliphatic rings. The number of ether oxygens (including phenoxy) is 2. The van der Waals surface area contributed by atoms with Gasteiger partial charge in [-0.15, -0.1) is 0 Å². The molecule has 0 saturated heterocycles. The molecule has 138 valence electrons. The zero-order chi connectivity index (χ0) is 17.8. The molecule has 0 bridgehead atoms. The highest BCUT2D eigenvalue weighted by molar-refractivity contribution is 14.1. The number of hydrogen-bond acceptors (Lipinski definition) is 5. The molecule has 24 heavy (non-hydrogen) atoms. The molecule has 0 radical (unpaired) electrons. The molecular weight excluding hydrogens is 427 g/mol. The van der Waals surface area contributed by atoms with Gasteiger partial charge in [0, 0.05) is 24.9 Å². The van der Waals surface area contributed by atoms with Crippen molar-refractivity contribution in [1.29, 1.82) is 0 Å². The van der Waals surface area contributed by atoms with E-state index in [0.717, 1.165) is 25.7 Å². The van der Waals surface area contributed by atoms with Crippen molar-refractivity contribution in [3.63, 3.8) is 0 Å². The van der Waals surface area contributed by atoms with Crippen molar-refractivity contribution in [2.75, 3.05) is 31.0 Å². The summed E-state index contributed by atoms with van der Waals surface area (Å²) in [6.07, 6.45) is 3.57. The van der Waals surface area contributed by atoms with Crippen molar-refractivity contribution < 1.29 is 23.9 Å². The van der Waals surface area contributed by atoms with E-state index in [4.69, 9.17) is 9.47 Å². The third-order valence-electron chi connectivity index (χ3n) is 3.92. The SMILES string of the molecule is CC(=O)CCOCCNC(=O)[C@H]1CC[C@H](NC(=O)COCI)CC1. The summed E-state index contributed by atoms with van der Waals surface area (Å²) in [6, 6.07) is 0.134. The Balaban J connectivity index is 2.10. The summed E-state index contributed by atoms with van der Waals surface area (Å²) in [4.78, 5) is 34.4. The van der Waals surface area contributed by atoms with Gasteiger partial charge in [-0.1, -0.05) is 22.6 Å². The van der Waals surface area contributed by atoms with Crippen LogP contribution in [0.4, 0.5) is 0 Å². The van der Waals surface area contributed by atoms with Crippen LogP contribution in [0.1, 0.15) is 39.0 Å². The van der Waals surface area contributed by atoms with Crippen LogP contribution < -0.4 is 10.6 Å². The first kappa shape index (κ1) is 21.3. The average molecular weight is 454 g/mol. The quantitative estimate of drug-likeness (QED) is 0.278. The molecular formula is C16H27IN2O5. The molecule has 2 N–H and O–H groups in total. The lowest BCUT2D eigenvalue weighted by Crippen LogP contribution is -2.42. The van der Waals surface area contributed by atoms with Gasteiger partial charge in [0.1, 0.15) is 12.4 Å². The van der Waals surface area contributed by atoms with Crippen LogP contribution in [0.2, 0.25) is 0 Å². The van der Waals surface area contributed by atoms with Crippen molar-refractivity contribution in [1.82, 2.24) is 10.6 Å². The molecule has 1 fully saturated rings. The van der Waals surface area contributed by atoms with Gasteiger partial charge in [-0.3, -0.25) is 14.4 Å². The number of hydrogen-bond donors (Lipinski definition) is 2. The van der Waals surface area contributed by atoms with E-state index >= 15 is 0 Å². The fourth-order valence-corrected chi connectivity index (χ4v) is 2.83. The summed E-state index contributed by atoms with van der Waals surface area (Å²) in [5.41, 5.74) is 0. The van der Waals surface area contributed by atoms with Gasteiger partial charge in [-0.2, -0.15) is 0 Å². The molecule has 1 aliphatic carbocycles. The number of ketones is 1. The third kappa shape index (κ3) is 9.53. The number of nitrogens with one attached hydrogen (secondary N) is 2. The van der Waals surface area contributed by atoms with Crippen LogP contribution in [0.3, 0.4) is 0 Å². The Morgan fingerprint density at radius 1 is 1.08 bits per heavy atom. The van der Waals surface area contributed by atoms with Crippen LogP contribution in [0.25, 0.3) is 0 Å². The van der Waals surface area contributed by atoms with Gasteiger partial charge in [0.15, 0.2) is 0 Å². The normalized spacial score (nSPS) is 20.4. The first-order valence-electron chi connectivity index (χ1n) is 8.31. The molecule has 0 heterocycles. The number of alkyl halides is 1. The molecule has 0 spiro atoms. The average Bonchev–Trinajstić information content (AvgIpc) is 2.56. The topological polar surface area (TPSA) is 93.7 Å². The first-order valence-corrected chi connectivity index (χ1v) is 9.83. The van der Waals surface area contributed by atoms with Crippen LogP contribution in [0, 0.1) is 5.92 Å². The smallest absolute Gasteiger partial charge is 0.246 e. The number of Topliss-reactive ketones (excluding diaryl/α,β-unsaturated/α-hetero) is 1. The number of carbonyl (C=O) groups excluding carboxylic acids is 3. The van der Waals surface area contributed by atoms with Crippen molar-refractivity contribution in [3.8, 4) is 0 Å². The molecule has 2 amide bonds. The molecule has 1 rings (SSSR count). The van der Waals surface area contributed by atoms with Gasteiger partial charge in [-0.05, 0) is 32.6 Å². The van der Waals surface area contributed by atoms with Crippen LogP contribution in [-0.2, 0) is 23.9 Å². The number of halogens is 1. The standard InChI is InChI=1S/C16H27IN2O5/c1-12(20)6-8-23-9-7-18-16(22)13-2-4-14(5-3-13)19-15(21)10-24-11-17/h13-14H,2-11H2,1H3,(H,18,22)(H,19,21)/t13-,14-. The molecule has 8 heteroatoms.